The summed E-state index contributed by atoms with van der Waals surface area (Å²) < 4.78 is 0. The third-order valence-electron chi connectivity index (χ3n) is 3.74. The third-order valence-corrected chi connectivity index (χ3v) is 3.87. The van der Waals surface area contributed by atoms with Gasteiger partial charge in [-0.05, 0) is 24.6 Å². The van der Waals surface area contributed by atoms with Gasteiger partial charge in [-0.1, -0.05) is 11.8 Å². The average Bonchev–Trinajstić information content (AvgIpc) is 2.77. The van der Waals surface area contributed by atoms with Crippen molar-refractivity contribution in [2.75, 3.05) is 5.88 Å². The second-order valence-electron chi connectivity index (χ2n) is 5.14. The number of rotatable bonds is 1. The number of amides is 4. The van der Waals surface area contributed by atoms with E-state index < -0.39 is 29.7 Å². The minimum Gasteiger partial charge on any atom is -0.295 e. The zero-order chi connectivity index (χ0) is 16.6. The van der Waals surface area contributed by atoms with Gasteiger partial charge in [0, 0.05) is 12.0 Å². The van der Waals surface area contributed by atoms with Gasteiger partial charge in [-0.2, -0.15) is 0 Å². The molecular formula is C16H11ClN2O4. The lowest BCUT2D eigenvalue weighted by Gasteiger charge is -2.27. The summed E-state index contributed by atoms with van der Waals surface area (Å²) in [5.41, 5.74) is 1.01. The fourth-order valence-corrected chi connectivity index (χ4v) is 2.75. The second-order valence-corrected chi connectivity index (χ2v) is 5.41. The van der Waals surface area contributed by atoms with Crippen LogP contribution in [0.2, 0.25) is 0 Å². The fraction of sp³-hybridized carbons (Fsp3) is 0.250. The zero-order valence-corrected chi connectivity index (χ0v) is 12.6. The van der Waals surface area contributed by atoms with E-state index in [4.69, 9.17) is 11.6 Å². The Hall–Kier alpha value is -2.65. The zero-order valence-electron chi connectivity index (χ0n) is 11.9. The standard InChI is InChI=1S/C16H11ClN2O4/c17-7-1-2-9-3-4-10-11(8-9)16(23)19(15(10)22)12-5-6-13(20)18-14(12)21/h3-4,8,12H,5-7H2,(H,18,20,21). The lowest BCUT2D eigenvalue weighted by molar-refractivity contribution is -0.136. The first-order chi connectivity index (χ1) is 11.0. The molecule has 1 fully saturated rings. The molecule has 2 heterocycles. The van der Waals surface area contributed by atoms with Crippen LogP contribution in [0.3, 0.4) is 0 Å². The number of nitrogens with one attached hydrogen (secondary N) is 1. The molecule has 0 saturated carbocycles. The van der Waals surface area contributed by atoms with Gasteiger partial charge in [0.25, 0.3) is 11.8 Å². The Labute approximate surface area is 136 Å². The Kier molecular flexibility index (Phi) is 3.89. The van der Waals surface area contributed by atoms with E-state index in [0.717, 1.165) is 4.90 Å². The van der Waals surface area contributed by atoms with E-state index >= 15 is 0 Å². The molecule has 0 radical (unpaired) electrons. The summed E-state index contributed by atoms with van der Waals surface area (Å²) >= 11 is 5.50. The number of imide groups is 2. The Morgan fingerprint density at radius 2 is 1.91 bits per heavy atom. The average molecular weight is 331 g/mol. The summed E-state index contributed by atoms with van der Waals surface area (Å²) in [5, 5.41) is 2.15. The van der Waals surface area contributed by atoms with Crippen molar-refractivity contribution in [2.24, 2.45) is 0 Å². The van der Waals surface area contributed by atoms with Gasteiger partial charge >= 0.3 is 0 Å². The maximum absolute atomic E-state index is 12.5. The highest BCUT2D eigenvalue weighted by molar-refractivity contribution is 6.23. The molecule has 4 amide bonds. The number of nitrogens with zero attached hydrogens (tertiary/aromatic N) is 1. The predicted octanol–water partition coefficient (Wildman–Crippen LogP) is 0.678. The minimum absolute atomic E-state index is 0.0935. The number of halogens is 1. The number of hydrogen-bond donors (Lipinski definition) is 1. The first-order valence-electron chi connectivity index (χ1n) is 6.93. The highest BCUT2D eigenvalue weighted by atomic mass is 35.5. The van der Waals surface area contributed by atoms with Gasteiger partial charge in [0.1, 0.15) is 6.04 Å². The molecule has 1 saturated heterocycles. The van der Waals surface area contributed by atoms with Crippen molar-refractivity contribution in [2.45, 2.75) is 18.9 Å². The Bertz CT molecular complexity index is 806. The summed E-state index contributed by atoms with van der Waals surface area (Å²) in [6, 6.07) is 3.69. The van der Waals surface area contributed by atoms with Crippen LogP contribution >= 0.6 is 11.6 Å². The van der Waals surface area contributed by atoms with E-state index in [1.54, 1.807) is 6.07 Å². The summed E-state index contributed by atoms with van der Waals surface area (Å²) in [5.74, 6) is 3.51. The molecule has 2 aliphatic rings. The van der Waals surface area contributed by atoms with Gasteiger partial charge in [0.2, 0.25) is 11.8 Å². The SMILES string of the molecule is O=C1CCC(N2C(=O)c3ccc(C#CCCl)cc3C2=O)C(=O)N1. The predicted molar refractivity (Wildman–Crippen MR) is 80.7 cm³/mol. The van der Waals surface area contributed by atoms with Crippen LogP contribution in [0, 0.1) is 11.8 Å². The molecule has 2 aliphatic heterocycles. The van der Waals surface area contributed by atoms with Crippen LogP contribution in [0.25, 0.3) is 0 Å². The largest absolute Gasteiger partial charge is 0.295 e. The molecule has 1 aromatic carbocycles. The van der Waals surface area contributed by atoms with Crippen molar-refractivity contribution in [3.63, 3.8) is 0 Å². The van der Waals surface area contributed by atoms with Gasteiger partial charge < -0.3 is 0 Å². The van der Waals surface area contributed by atoms with E-state index in [0.29, 0.717) is 5.56 Å². The van der Waals surface area contributed by atoms with Crippen LogP contribution in [0.5, 0.6) is 0 Å². The van der Waals surface area contributed by atoms with E-state index in [1.165, 1.54) is 12.1 Å². The van der Waals surface area contributed by atoms with Crippen molar-refractivity contribution < 1.29 is 19.2 Å². The quantitative estimate of drug-likeness (QED) is 0.466. The Morgan fingerprint density at radius 3 is 2.61 bits per heavy atom. The molecule has 1 atom stereocenters. The topological polar surface area (TPSA) is 83.6 Å². The smallest absolute Gasteiger partial charge is 0.262 e. The molecule has 23 heavy (non-hydrogen) atoms. The summed E-state index contributed by atoms with van der Waals surface area (Å²) in [6.45, 7) is 0. The van der Waals surface area contributed by atoms with Crippen molar-refractivity contribution in [1.29, 1.82) is 0 Å². The highest BCUT2D eigenvalue weighted by Crippen LogP contribution is 2.28. The molecule has 3 rings (SSSR count). The molecule has 116 valence electrons. The van der Waals surface area contributed by atoms with Crippen LogP contribution in [0.4, 0.5) is 0 Å². The first-order valence-corrected chi connectivity index (χ1v) is 7.47. The maximum Gasteiger partial charge on any atom is 0.262 e. The Morgan fingerprint density at radius 1 is 1.17 bits per heavy atom. The van der Waals surface area contributed by atoms with E-state index in [1.807, 2.05) is 0 Å². The van der Waals surface area contributed by atoms with Crippen LogP contribution < -0.4 is 5.32 Å². The molecule has 1 aromatic rings. The summed E-state index contributed by atoms with van der Waals surface area (Å²) in [6.07, 6.45) is 0.227. The van der Waals surface area contributed by atoms with E-state index in [2.05, 4.69) is 17.2 Å². The van der Waals surface area contributed by atoms with Crippen LogP contribution in [0.1, 0.15) is 39.1 Å². The fourth-order valence-electron chi connectivity index (χ4n) is 2.68. The number of carbonyl (C=O) groups excluding carboxylic acids is 4. The number of benzene rings is 1. The van der Waals surface area contributed by atoms with Gasteiger partial charge in [0.05, 0.1) is 17.0 Å². The molecule has 7 heteroatoms. The Balaban J connectivity index is 1.94. The number of carbonyl (C=O) groups is 4. The second kappa shape index (κ2) is 5.86. The number of hydrogen-bond acceptors (Lipinski definition) is 4. The van der Waals surface area contributed by atoms with E-state index in [9.17, 15) is 19.2 Å². The minimum atomic E-state index is -0.961. The first kappa shape index (κ1) is 15.3. The third kappa shape index (κ3) is 2.60. The van der Waals surface area contributed by atoms with Gasteiger partial charge in [-0.15, -0.1) is 11.6 Å². The van der Waals surface area contributed by atoms with Crippen molar-refractivity contribution in [3.05, 3.63) is 34.9 Å². The van der Waals surface area contributed by atoms with Gasteiger partial charge in [-0.3, -0.25) is 29.4 Å². The molecule has 1 unspecified atom stereocenters. The maximum atomic E-state index is 12.5. The van der Waals surface area contributed by atoms with Gasteiger partial charge in [0.15, 0.2) is 0 Å². The molecule has 0 aliphatic carbocycles. The molecule has 0 aromatic heterocycles. The number of alkyl halides is 1. The monoisotopic (exact) mass is 330 g/mol. The van der Waals surface area contributed by atoms with Gasteiger partial charge in [-0.25, -0.2) is 0 Å². The normalized spacial score (nSPS) is 20.0. The molecule has 6 nitrogen and oxygen atoms in total. The van der Waals surface area contributed by atoms with Crippen LogP contribution in [-0.2, 0) is 9.59 Å². The van der Waals surface area contributed by atoms with Crippen LogP contribution in [0.15, 0.2) is 18.2 Å². The van der Waals surface area contributed by atoms with Crippen molar-refractivity contribution >= 4 is 35.2 Å². The van der Waals surface area contributed by atoms with Crippen LogP contribution in [-0.4, -0.2) is 40.5 Å². The molecular weight excluding hydrogens is 320 g/mol. The van der Waals surface area contributed by atoms with Crippen molar-refractivity contribution in [1.82, 2.24) is 10.2 Å². The number of piperidine rings is 1. The van der Waals surface area contributed by atoms with E-state index in [-0.39, 0.29) is 29.8 Å². The highest BCUT2D eigenvalue weighted by Gasteiger charge is 2.44. The summed E-state index contributed by atoms with van der Waals surface area (Å²) in [4.78, 5) is 49.0. The lowest BCUT2D eigenvalue weighted by Crippen LogP contribution is -2.54. The number of fused-ring (bicyclic) bond motifs is 1. The molecule has 1 N–H and O–H groups in total. The molecule has 0 bridgehead atoms. The molecule has 0 spiro atoms. The summed E-state index contributed by atoms with van der Waals surface area (Å²) in [7, 11) is 0. The lowest BCUT2D eigenvalue weighted by atomic mass is 10.0. The van der Waals surface area contributed by atoms with Crippen molar-refractivity contribution in [3.8, 4) is 11.8 Å².